The molecule has 134 heavy (non-hydrogen) atoms. The number of benzene rings is 15. The molecular weight excluding hydrogens is 1640 g/mol. The standard InChI is InChI=1S/C122H111N9O3/c1-5-89-44-50-101(51-45-89)116(95-32-14-8-15-33-95)119(98-38-20-11-21-39-98)104-62-56-92(57-63-104)113-86-129(126-123-113)80-26-29-83-132-110-74-68-107(69-75-110)122(4,108-70-76-111(77-71-108)133-84-30-27-81-130-87-114(124-127-130)93-58-64-105(65-59-93)120(99-40-22-12-23-41-99)117(96-34-16-9-17-35-96)102-52-46-90(6-2)47-53-102)109-72-78-112(79-73-109)134-85-31-28-82-131-88-115(125-128-131)94-60-66-106(67-61-94)121(100-42-24-13-25-43-100)118(97-36-18-10-19-37-97)103-54-48-91(7-3)49-55-103/h8-25,32-79,86-88H,5-7,26-31,80-85H2,1-4H3/b119-116-,120-117+,121-118+. The molecular formula is C122H111N9O3. The van der Waals surface area contributed by atoms with Crippen LogP contribution in [0.2, 0.25) is 0 Å². The van der Waals surface area contributed by atoms with Crippen LogP contribution in [0.5, 0.6) is 17.2 Å². The summed E-state index contributed by atoms with van der Waals surface area (Å²) in [6.07, 6.45) is 14.3. The minimum atomic E-state index is -0.564. The van der Waals surface area contributed by atoms with Gasteiger partial charge in [0.15, 0.2) is 0 Å². The van der Waals surface area contributed by atoms with Crippen molar-refractivity contribution in [2.45, 2.75) is 111 Å². The van der Waals surface area contributed by atoms with Gasteiger partial charge in [-0.15, -0.1) is 15.3 Å². The number of nitrogens with zero attached hydrogens (tertiary/aromatic N) is 9. The summed E-state index contributed by atoms with van der Waals surface area (Å²) in [4.78, 5) is 0. The van der Waals surface area contributed by atoms with Crippen LogP contribution < -0.4 is 14.2 Å². The molecule has 0 N–H and O–H groups in total. The number of rotatable bonds is 39. The molecule has 0 atom stereocenters. The zero-order chi connectivity index (χ0) is 91.0. The SMILES string of the molecule is CCc1ccc(/C(=C(/c2ccccc2)c2ccc(-c3cn(CCCCOc4ccc(C(C)(c5ccc(OCCCCn6cc(-c7ccc(/C(=C(\c8ccccc8)c8ccc(CC)cc8)c8ccccc8)cc7)nn6)cc5)c5ccc(OCCCCn6cc(-c7ccc(/C(=C(\c8ccccc8)c8ccc(CC)cc8)c8ccccc8)cc7)nn6)cc5)cc4)nn3)cc2)c2ccccc2)cc1. The summed E-state index contributed by atoms with van der Waals surface area (Å²) in [5.41, 5.74) is 33.3. The second kappa shape index (κ2) is 43.4. The average Bonchev–Trinajstić information content (AvgIpc) is 0.784. The second-order valence-electron chi connectivity index (χ2n) is 34.3. The van der Waals surface area contributed by atoms with E-state index < -0.39 is 5.41 Å². The van der Waals surface area contributed by atoms with Crippen LogP contribution in [-0.2, 0) is 44.3 Å². The van der Waals surface area contributed by atoms with E-state index in [1.54, 1.807) is 0 Å². The largest absolute Gasteiger partial charge is 0.494 e. The maximum atomic E-state index is 6.48. The van der Waals surface area contributed by atoms with E-state index in [2.05, 4.69) is 459 Å². The molecule has 0 bridgehead atoms. The predicted octanol–water partition coefficient (Wildman–Crippen LogP) is 28.1. The summed E-state index contributed by atoms with van der Waals surface area (Å²) in [7, 11) is 0. The highest BCUT2D eigenvalue weighted by Crippen LogP contribution is 2.45. The minimum absolute atomic E-state index is 0.561. The molecule has 3 heterocycles. The van der Waals surface area contributed by atoms with Crippen molar-refractivity contribution in [2.75, 3.05) is 19.8 Å². The second-order valence-corrected chi connectivity index (χ2v) is 34.3. The molecule has 18 rings (SSSR count). The van der Waals surface area contributed by atoms with Gasteiger partial charge in [0.2, 0.25) is 0 Å². The molecule has 0 aliphatic carbocycles. The van der Waals surface area contributed by atoms with Crippen molar-refractivity contribution in [3.63, 3.8) is 0 Å². The predicted molar refractivity (Wildman–Crippen MR) is 547 cm³/mol. The Morgan fingerprint density at radius 2 is 0.418 bits per heavy atom. The van der Waals surface area contributed by atoms with Crippen molar-refractivity contribution in [1.82, 2.24) is 45.0 Å². The lowest BCUT2D eigenvalue weighted by atomic mass is 9.71. The normalized spacial score (nSPS) is 12.1. The van der Waals surface area contributed by atoms with Gasteiger partial charge in [-0.05, 0) is 235 Å². The minimum Gasteiger partial charge on any atom is -0.494 e. The van der Waals surface area contributed by atoms with Gasteiger partial charge in [-0.25, -0.2) is 0 Å². The van der Waals surface area contributed by atoms with Gasteiger partial charge in [-0.2, -0.15) is 0 Å². The van der Waals surface area contributed by atoms with Gasteiger partial charge in [0, 0.05) is 41.7 Å². The Morgan fingerprint density at radius 3 is 0.619 bits per heavy atom. The van der Waals surface area contributed by atoms with Gasteiger partial charge < -0.3 is 14.2 Å². The third-order valence-corrected chi connectivity index (χ3v) is 25.5. The molecule has 662 valence electrons. The van der Waals surface area contributed by atoms with Crippen LogP contribution in [0.15, 0.2) is 419 Å². The average molecular weight is 1750 g/mol. The summed E-state index contributed by atoms with van der Waals surface area (Å²) >= 11 is 0. The first kappa shape index (κ1) is 89.0. The monoisotopic (exact) mass is 1750 g/mol. The van der Waals surface area contributed by atoms with Crippen molar-refractivity contribution in [1.29, 1.82) is 0 Å². The molecule has 0 amide bonds. The van der Waals surface area contributed by atoms with E-state index in [9.17, 15) is 0 Å². The first-order chi connectivity index (χ1) is 66.2. The van der Waals surface area contributed by atoms with Gasteiger partial charge in [-0.3, -0.25) is 14.0 Å². The Morgan fingerprint density at radius 1 is 0.224 bits per heavy atom. The lowest BCUT2D eigenvalue weighted by Gasteiger charge is -2.32. The van der Waals surface area contributed by atoms with Crippen LogP contribution in [0, 0.1) is 0 Å². The van der Waals surface area contributed by atoms with Crippen LogP contribution >= 0.6 is 0 Å². The molecule has 3 aromatic heterocycles. The number of ether oxygens (including phenoxy) is 3. The molecule has 0 aliphatic heterocycles. The highest BCUT2D eigenvalue weighted by Gasteiger charge is 2.32. The van der Waals surface area contributed by atoms with Crippen molar-refractivity contribution >= 4 is 33.4 Å². The number of hydrogen-bond donors (Lipinski definition) is 0. The molecule has 0 fully saturated rings. The van der Waals surface area contributed by atoms with Crippen LogP contribution in [-0.4, -0.2) is 64.8 Å². The Balaban J connectivity index is 0.515. The molecule has 0 unspecified atom stereocenters. The van der Waals surface area contributed by atoms with Gasteiger partial charge in [0.1, 0.15) is 34.3 Å². The lowest BCUT2D eigenvalue weighted by molar-refractivity contribution is 0.301. The number of hydrogen-bond acceptors (Lipinski definition) is 9. The zero-order valence-electron chi connectivity index (χ0n) is 76.7. The lowest BCUT2D eigenvalue weighted by Crippen LogP contribution is -2.25. The van der Waals surface area contributed by atoms with Crippen LogP contribution in [0.3, 0.4) is 0 Å². The van der Waals surface area contributed by atoms with Gasteiger partial charge in [0.05, 0.1) is 38.4 Å². The maximum absolute atomic E-state index is 6.48. The molecule has 0 radical (unpaired) electrons. The van der Waals surface area contributed by atoms with Crippen LogP contribution in [0.1, 0.15) is 166 Å². The molecule has 12 nitrogen and oxygen atoms in total. The first-order valence-electron chi connectivity index (χ1n) is 47.2. The highest BCUT2D eigenvalue weighted by atomic mass is 16.5. The molecule has 0 saturated heterocycles. The van der Waals surface area contributed by atoms with Gasteiger partial charge in [-0.1, -0.05) is 400 Å². The van der Waals surface area contributed by atoms with Gasteiger partial charge >= 0.3 is 0 Å². The summed E-state index contributed by atoms with van der Waals surface area (Å²) in [5, 5.41) is 27.7. The Kier molecular flexibility index (Phi) is 28.8. The van der Waals surface area contributed by atoms with E-state index in [0.717, 1.165) is 159 Å². The Labute approximate surface area is 788 Å². The molecule has 0 spiro atoms. The highest BCUT2D eigenvalue weighted by molar-refractivity contribution is 6.07. The summed E-state index contributed by atoms with van der Waals surface area (Å²) in [6.45, 7) is 12.7. The van der Waals surface area contributed by atoms with Crippen LogP contribution in [0.4, 0.5) is 0 Å². The smallest absolute Gasteiger partial charge is 0.119 e. The van der Waals surface area contributed by atoms with E-state index >= 15 is 0 Å². The van der Waals surface area contributed by atoms with Crippen molar-refractivity contribution in [2.24, 2.45) is 0 Å². The first-order valence-corrected chi connectivity index (χ1v) is 47.2. The number of unbranched alkanes of at least 4 members (excludes halogenated alkanes) is 3. The van der Waals surface area contributed by atoms with E-state index in [1.807, 2.05) is 32.6 Å². The van der Waals surface area contributed by atoms with E-state index in [-0.39, 0.29) is 0 Å². The molecule has 18 aromatic rings. The quantitative estimate of drug-likeness (QED) is 0.0211. The fraction of sp³-hybridized carbons (Fsp3) is 0.164. The van der Waals surface area contributed by atoms with Gasteiger partial charge in [0.25, 0.3) is 0 Å². The Hall–Kier alpha value is -15.7. The molecule has 0 saturated carbocycles. The fourth-order valence-corrected chi connectivity index (χ4v) is 18.0. The molecule has 15 aromatic carbocycles. The topological polar surface area (TPSA) is 120 Å². The van der Waals surface area contributed by atoms with E-state index in [0.29, 0.717) is 39.5 Å². The molecule has 0 aliphatic rings. The van der Waals surface area contributed by atoms with Crippen LogP contribution in [0.25, 0.3) is 67.2 Å². The van der Waals surface area contributed by atoms with E-state index in [4.69, 9.17) is 14.2 Å². The Bertz CT molecular complexity index is 6230. The van der Waals surface area contributed by atoms with Crippen molar-refractivity contribution in [3.05, 3.63) is 519 Å². The summed E-state index contributed by atoms with van der Waals surface area (Å²) < 4.78 is 25.3. The van der Waals surface area contributed by atoms with Crippen molar-refractivity contribution < 1.29 is 14.2 Å². The third-order valence-electron chi connectivity index (χ3n) is 25.5. The number of aryl methyl sites for hydroxylation is 6. The summed E-state index contributed by atoms with van der Waals surface area (Å²) in [6, 6.07) is 144. The zero-order valence-corrected chi connectivity index (χ0v) is 76.7. The third kappa shape index (κ3) is 21.3. The summed E-state index contributed by atoms with van der Waals surface area (Å²) in [5.74, 6) is 2.45. The molecule has 12 heteroatoms. The van der Waals surface area contributed by atoms with E-state index in [1.165, 1.54) is 83.5 Å². The fourth-order valence-electron chi connectivity index (χ4n) is 18.0. The van der Waals surface area contributed by atoms with Crippen molar-refractivity contribution in [3.8, 4) is 51.0 Å². The number of aromatic nitrogens is 9. The maximum Gasteiger partial charge on any atom is 0.119 e.